The Morgan fingerprint density at radius 1 is 1.37 bits per heavy atom. The van der Waals surface area contributed by atoms with Crippen molar-refractivity contribution in [2.45, 2.75) is 39.3 Å². The largest absolute Gasteiger partial charge is 0.371 e. The van der Waals surface area contributed by atoms with Gasteiger partial charge in [0.25, 0.3) is 0 Å². The predicted molar refractivity (Wildman–Crippen MR) is 82.0 cm³/mol. The average Bonchev–Trinajstić information content (AvgIpc) is 2.94. The molecular weight excluding hydrogens is 276 g/mol. The molecule has 0 radical (unpaired) electrons. The molecule has 0 fully saturated rings. The number of hydrogen-bond acceptors (Lipinski definition) is 5. The Morgan fingerprint density at radius 2 is 2.16 bits per heavy atom. The van der Waals surface area contributed by atoms with Crippen molar-refractivity contribution in [3.63, 3.8) is 0 Å². The van der Waals surface area contributed by atoms with Gasteiger partial charge in [0, 0.05) is 27.1 Å². The predicted octanol–water partition coefficient (Wildman–Crippen LogP) is 3.47. The number of nitrogens with zero attached hydrogens (tertiary/aromatic N) is 1. The zero-order valence-corrected chi connectivity index (χ0v) is 13.2. The topological polar surface area (TPSA) is 48.1 Å². The maximum atomic E-state index is 6.04. The molecule has 19 heavy (non-hydrogen) atoms. The van der Waals surface area contributed by atoms with E-state index in [1.807, 2.05) is 19.4 Å². The van der Waals surface area contributed by atoms with Crippen molar-refractivity contribution in [1.82, 2.24) is 4.98 Å². The van der Waals surface area contributed by atoms with E-state index in [4.69, 9.17) is 10.5 Å². The first-order chi connectivity index (χ1) is 9.08. The Morgan fingerprint density at radius 3 is 2.68 bits per heavy atom. The van der Waals surface area contributed by atoms with Crippen molar-refractivity contribution >= 4 is 22.7 Å². The first-order valence-corrected chi connectivity index (χ1v) is 8.10. The summed E-state index contributed by atoms with van der Waals surface area (Å²) >= 11 is 3.45. The molecule has 3 nitrogen and oxygen atoms in total. The van der Waals surface area contributed by atoms with Crippen molar-refractivity contribution in [3.8, 4) is 0 Å². The Balaban J connectivity index is 1.93. The molecule has 2 unspecified atom stereocenters. The van der Waals surface area contributed by atoms with Crippen LogP contribution in [-0.2, 0) is 11.2 Å². The van der Waals surface area contributed by atoms with Gasteiger partial charge in [-0.15, -0.1) is 22.7 Å². The van der Waals surface area contributed by atoms with Gasteiger partial charge in [-0.2, -0.15) is 0 Å². The van der Waals surface area contributed by atoms with Crippen LogP contribution in [0.15, 0.2) is 17.6 Å². The standard InChI is InChI=1S/C14H20N2OS2/c1-9-4-5-13(19-9)14(10(2)15)17-7-6-12-11(3)16-8-18-12/h4-5,8,10,14H,6-7,15H2,1-3H3. The number of rotatable bonds is 6. The summed E-state index contributed by atoms with van der Waals surface area (Å²) in [7, 11) is 0. The number of aryl methyl sites for hydroxylation is 2. The van der Waals surface area contributed by atoms with Crippen molar-refractivity contribution in [3.05, 3.63) is 38.0 Å². The van der Waals surface area contributed by atoms with E-state index in [0.717, 1.165) is 12.1 Å². The molecule has 0 aliphatic rings. The van der Waals surface area contributed by atoms with Gasteiger partial charge < -0.3 is 10.5 Å². The Bertz CT molecular complexity index is 519. The van der Waals surface area contributed by atoms with Crippen molar-refractivity contribution in [1.29, 1.82) is 0 Å². The molecule has 2 aromatic heterocycles. The lowest BCUT2D eigenvalue weighted by Gasteiger charge is -2.20. The number of thiazole rings is 1. The molecule has 0 amide bonds. The Kier molecular flexibility index (Phi) is 5.10. The molecule has 2 heterocycles. The van der Waals surface area contributed by atoms with Crippen LogP contribution in [0.5, 0.6) is 0 Å². The van der Waals surface area contributed by atoms with E-state index in [-0.39, 0.29) is 12.1 Å². The zero-order valence-electron chi connectivity index (χ0n) is 11.6. The molecule has 2 N–H and O–H groups in total. The molecule has 0 aromatic carbocycles. The van der Waals surface area contributed by atoms with Crippen LogP contribution in [0.4, 0.5) is 0 Å². The maximum Gasteiger partial charge on any atom is 0.106 e. The Hall–Kier alpha value is -0.750. The third kappa shape index (κ3) is 3.86. The first kappa shape index (κ1) is 14.7. The van der Waals surface area contributed by atoms with E-state index in [1.165, 1.54) is 14.6 Å². The summed E-state index contributed by atoms with van der Waals surface area (Å²) in [4.78, 5) is 8.06. The number of hydrogen-bond donors (Lipinski definition) is 1. The second-order valence-corrected chi connectivity index (χ2v) is 6.97. The molecular formula is C14H20N2OS2. The summed E-state index contributed by atoms with van der Waals surface area (Å²) < 4.78 is 6.00. The van der Waals surface area contributed by atoms with Crippen LogP contribution in [0.3, 0.4) is 0 Å². The first-order valence-electron chi connectivity index (χ1n) is 6.40. The number of ether oxygens (including phenoxy) is 1. The molecule has 2 aromatic rings. The van der Waals surface area contributed by atoms with Gasteiger partial charge in [-0.3, -0.25) is 0 Å². The quantitative estimate of drug-likeness (QED) is 0.888. The van der Waals surface area contributed by atoms with Crippen LogP contribution in [0.1, 0.15) is 33.4 Å². The van der Waals surface area contributed by atoms with Gasteiger partial charge in [0.2, 0.25) is 0 Å². The van der Waals surface area contributed by atoms with Crippen LogP contribution in [-0.4, -0.2) is 17.6 Å². The van der Waals surface area contributed by atoms with Crippen LogP contribution < -0.4 is 5.73 Å². The van der Waals surface area contributed by atoms with Crippen LogP contribution in [0.25, 0.3) is 0 Å². The van der Waals surface area contributed by atoms with Crippen molar-refractivity contribution in [2.24, 2.45) is 5.73 Å². The second-order valence-electron chi connectivity index (χ2n) is 4.71. The summed E-state index contributed by atoms with van der Waals surface area (Å²) in [5, 5.41) is 0. The fourth-order valence-corrected chi connectivity index (χ4v) is 3.75. The lowest BCUT2D eigenvalue weighted by atomic mass is 10.1. The SMILES string of the molecule is Cc1ccc(C(OCCc2scnc2C)C(C)N)s1. The minimum absolute atomic E-state index is 0.000563. The van der Waals surface area contributed by atoms with Crippen molar-refractivity contribution < 1.29 is 4.74 Å². The summed E-state index contributed by atoms with van der Waals surface area (Å²) in [6, 6.07) is 4.23. The molecule has 0 bridgehead atoms. The number of thiophene rings is 1. The Labute approximate surface area is 122 Å². The van der Waals surface area contributed by atoms with E-state index >= 15 is 0 Å². The van der Waals surface area contributed by atoms with Crippen molar-refractivity contribution in [2.75, 3.05) is 6.61 Å². The van der Waals surface area contributed by atoms with E-state index in [0.29, 0.717) is 6.61 Å². The minimum Gasteiger partial charge on any atom is -0.371 e. The van der Waals surface area contributed by atoms with Gasteiger partial charge in [-0.25, -0.2) is 4.98 Å². The fraction of sp³-hybridized carbons (Fsp3) is 0.500. The van der Waals surface area contributed by atoms with Gasteiger partial charge in [0.1, 0.15) is 6.10 Å². The van der Waals surface area contributed by atoms with Crippen LogP contribution in [0, 0.1) is 13.8 Å². The third-order valence-corrected chi connectivity index (χ3v) is 5.05. The number of nitrogens with two attached hydrogens (primary N) is 1. The average molecular weight is 296 g/mol. The maximum absolute atomic E-state index is 6.04. The van der Waals surface area contributed by atoms with E-state index in [9.17, 15) is 0 Å². The zero-order chi connectivity index (χ0) is 13.8. The summed E-state index contributed by atoms with van der Waals surface area (Å²) in [6.07, 6.45) is 0.899. The highest BCUT2D eigenvalue weighted by Gasteiger charge is 2.18. The molecule has 0 saturated heterocycles. The lowest BCUT2D eigenvalue weighted by Crippen LogP contribution is -2.27. The second kappa shape index (κ2) is 6.61. The minimum atomic E-state index is -0.00747. The molecule has 2 rings (SSSR count). The highest BCUT2D eigenvalue weighted by molar-refractivity contribution is 7.12. The monoisotopic (exact) mass is 296 g/mol. The summed E-state index contributed by atoms with van der Waals surface area (Å²) in [5.41, 5.74) is 9.03. The van der Waals surface area contributed by atoms with E-state index in [1.54, 1.807) is 22.7 Å². The highest BCUT2D eigenvalue weighted by Crippen LogP contribution is 2.28. The third-order valence-electron chi connectivity index (χ3n) is 2.99. The molecule has 0 spiro atoms. The molecule has 2 atom stereocenters. The normalized spacial score (nSPS) is 14.5. The van der Waals surface area contributed by atoms with Gasteiger partial charge in [-0.05, 0) is 32.9 Å². The van der Waals surface area contributed by atoms with E-state index < -0.39 is 0 Å². The van der Waals surface area contributed by atoms with E-state index in [2.05, 4.69) is 24.0 Å². The summed E-state index contributed by atoms with van der Waals surface area (Å²) in [5.74, 6) is 0. The lowest BCUT2D eigenvalue weighted by molar-refractivity contribution is 0.0430. The van der Waals surface area contributed by atoms with Gasteiger partial charge in [0.05, 0.1) is 17.8 Å². The van der Waals surface area contributed by atoms with Crippen LogP contribution >= 0.6 is 22.7 Å². The highest BCUT2D eigenvalue weighted by atomic mass is 32.1. The van der Waals surface area contributed by atoms with Gasteiger partial charge in [0.15, 0.2) is 0 Å². The molecule has 0 aliphatic carbocycles. The molecule has 104 valence electrons. The fourth-order valence-electron chi connectivity index (χ4n) is 1.94. The molecule has 5 heteroatoms. The smallest absolute Gasteiger partial charge is 0.106 e. The summed E-state index contributed by atoms with van der Waals surface area (Å²) in [6.45, 7) is 6.83. The van der Waals surface area contributed by atoms with Gasteiger partial charge in [-0.1, -0.05) is 0 Å². The van der Waals surface area contributed by atoms with Crippen LogP contribution in [0.2, 0.25) is 0 Å². The number of aromatic nitrogens is 1. The van der Waals surface area contributed by atoms with Gasteiger partial charge >= 0.3 is 0 Å². The molecule has 0 saturated carbocycles. The molecule has 0 aliphatic heterocycles.